The number of carbonyl (C=O) groups excluding carboxylic acids is 3. The van der Waals surface area contributed by atoms with Gasteiger partial charge in [-0.3, -0.25) is 4.79 Å². The summed E-state index contributed by atoms with van der Waals surface area (Å²) in [6.07, 6.45) is 4.48. The molecule has 3 aromatic heterocycles. The molecule has 142 valence electrons. The van der Waals surface area contributed by atoms with Crippen LogP contribution in [0.15, 0.2) is 51.9 Å². The van der Waals surface area contributed by atoms with E-state index in [1.54, 1.807) is 18.2 Å². The zero-order valence-corrected chi connectivity index (χ0v) is 17.3. The number of aromatic nitrogens is 2. The van der Waals surface area contributed by atoms with Crippen molar-refractivity contribution >= 4 is 23.0 Å². The van der Waals surface area contributed by atoms with Crippen molar-refractivity contribution in [1.82, 2.24) is 9.97 Å². The van der Waals surface area contributed by atoms with Crippen molar-refractivity contribution in [3.05, 3.63) is 58.8 Å². The standard InChI is InChI=1S/C9H11NO2.C8H5NO3.CO2.Na.H/c1-2-4-7(11)9-8(12)5-3-6-10-9;10-5-4-7(11)12-6-2-1-3-9-8(5)6;2-1-3;;/h3,5-6,12H,2,4H2,1H3;1-4,10H;;;/q;;;+1;-1. The molecule has 0 amide bonds. The summed E-state index contributed by atoms with van der Waals surface area (Å²) in [7, 11) is 0. The quantitative estimate of drug-likeness (QED) is 0.429. The van der Waals surface area contributed by atoms with Crippen molar-refractivity contribution < 1.29 is 60.0 Å². The summed E-state index contributed by atoms with van der Waals surface area (Å²) in [5, 5.41) is 18.5. The Bertz CT molecular complexity index is 1000. The van der Waals surface area contributed by atoms with Crippen molar-refractivity contribution in [2.45, 2.75) is 19.8 Å². The predicted octanol–water partition coefficient (Wildman–Crippen LogP) is -0.803. The number of carbonyl (C=O) groups is 1. The fourth-order valence-corrected chi connectivity index (χ4v) is 1.94. The summed E-state index contributed by atoms with van der Waals surface area (Å²) in [5.41, 5.74) is 0.201. The maximum absolute atomic E-state index is 11.2. The van der Waals surface area contributed by atoms with Crippen LogP contribution in [0.1, 0.15) is 31.7 Å². The zero-order valence-electron chi connectivity index (χ0n) is 16.3. The third-order valence-electron chi connectivity index (χ3n) is 3.01. The second-order valence-corrected chi connectivity index (χ2v) is 4.93. The molecule has 3 heterocycles. The molecule has 0 fully saturated rings. The maximum Gasteiger partial charge on any atom is 1.00 e. The number of fused-ring (bicyclic) bond motifs is 1. The molecule has 0 aromatic carbocycles. The summed E-state index contributed by atoms with van der Waals surface area (Å²) in [5.74, 6) is -0.284. The minimum absolute atomic E-state index is 0. The first kappa shape index (κ1) is 25.2. The smallest absolute Gasteiger partial charge is 1.00 e. The zero-order chi connectivity index (χ0) is 20.2. The molecular weight excluding hydrogens is 379 g/mol. The van der Waals surface area contributed by atoms with Gasteiger partial charge in [-0.2, -0.15) is 9.59 Å². The van der Waals surface area contributed by atoms with E-state index in [1.807, 2.05) is 6.92 Å². The summed E-state index contributed by atoms with van der Waals surface area (Å²) in [4.78, 5) is 45.9. The minimum Gasteiger partial charge on any atom is -1.00 e. The molecular formula is C18H17N2NaO7. The van der Waals surface area contributed by atoms with Crippen molar-refractivity contribution in [1.29, 1.82) is 0 Å². The van der Waals surface area contributed by atoms with E-state index in [9.17, 15) is 19.8 Å². The Hall–Kier alpha value is -2.84. The van der Waals surface area contributed by atoms with Crippen LogP contribution in [0, 0.1) is 0 Å². The topological polar surface area (TPSA) is 148 Å². The fourth-order valence-electron chi connectivity index (χ4n) is 1.94. The molecule has 0 saturated carbocycles. The molecule has 10 heteroatoms. The van der Waals surface area contributed by atoms with Crippen LogP contribution in [0.5, 0.6) is 11.5 Å². The van der Waals surface area contributed by atoms with Crippen LogP contribution < -0.4 is 35.2 Å². The number of nitrogens with zero attached hydrogens (tertiary/aromatic N) is 2. The van der Waals surface area contributed by atoms with Gasteiger partial charge in [0.05, 0.1) is 6.07 Å². The van der Waals surface area contributed by atoms with Gasteiger partial charge in [0.15, 0.2) is 17.1 Å². The molecule has 0 aliphatic rings. The van der Waals surface area contributed by atoms with Crippen LogP contribution in [0.25, 0.3) is 11.1 Å². The Labute approximate surface area is 182 Å². The van der Waals surface area contributed by atoms with Crippen LogP contribution in [-0.2, 0) is 9.59 Å². The van der Waals surface area contributed by atoms with Gasteiger partial charge in [-0.05, 0) is 30.7 Å². The van der Waals surface area contributed by atoms with Crippen molar-refractivity contribution in [3.8, 4) is 11.5 Å². The van der Waals surface area contributed by atoms with Gasteiger partial charge < -0.3 is 16.1 Å². The Balaban J connectivity index is 0. The monoisotopic (exact) mass is 396 g/mol. The number of rotatable bonds is 3. The van der Waals surface area contributed by atoms with E-state index in [0.717, 1.165) is 12.5 Å². The van der Waals surface area contributed by atoms with Crippen LogP contribution in [0.3, 0.4) is 0 Å². The Morgan fingerprint density at radius 1 is 1.14 bits per heavy atom. The van der Waals surface area contributed by atoms with Gasteiger partial charge in [-0.25, -0.2) is 14.8 Å². The first-order chi connectivity index (χ1) is 12.9. The molecule has 0 aliphatic carbocycles. The second-order valence-electron chi connectivity index (χ2n) is 4.93. The number of hydrogen-bond donors (Lipinski definition) is 2. The summed E-state index contributed by atoms with van der Waals surface area (Å²) in [6.45, 7) is 1.91. The van der Waals surface area contributed by atoms with Gasteiger partial charge in [0, 0.05) is 18.8 Å². The van der Waals surface area contributed by atoms with Gasteiger partial charge in [0.2, 0.25) is 0 Å². The van der Waals surface area contributed by atoms with Crippen LogP contribution in [0.2, 0.25) is 0 Å². The average Bonchev–Trinajstić information content (AvgIpc) is 2.63. The number of aromatic hydroxyl groups is 2. The molecule has 0 spiro atoms. The first-order valence-electron chi connectivity index (χ1n) is 7.68. The maximum atomic E-state index is 11.2. The van der Waals surface area contributed by atoms with Crippen molar-refractivity contribution in [3.63, 3.8) is 0 Å². The molecule has 3 aromatic rings. The molecule has 0 aliphatic heterocycles. The van der Waals surface area contributed by atoms with Crippen molar-refractivity contribution in [2.24, 2.45) is 0 Å². The molecule has 0 bridgehead atoms. The van der Waals surface area contributed by atoms with Crippen LogP contribution in [-0.4, -0.2) is 32.1 Å². The van der Waals surface area contributed by atoms with E-state index in [-0.39, 0.29) is 60.1 Å². The predicted molar refractivity (Wildman–Crippen MR) is 93.2 cm³/mol. The second kappa shape index (κ2) is 13.3. The first-order valence-corrected chi connectivity index (χ1v) is 7.68. The molecule has 9 nitrogen and oxygen atoms in total. The van der Waals surface area contributed by atoms with E-state index >= 15 is 0 Å². The normalized spacial score (nSPS) is 8.89. The number of ketones is 1. The molecule has 0 saturated heterocycles. The SMILES string of the molecule is CCCC(=O)c1ncccc1O.O=C=O.O=c1cc(O)c2ncccc2o1.[H-].[Na+]. The summed E-state index contributed by atoms with van der Waals surface area (Å²) >= 11 is 0. The van der Waals surface area contributed by atoms with Gasteiger partial charge in [-0.1, -0.05) is 6.92 Å². The van der Waals surface area contributed by atoms with Gasteiger partial charge >= 0.3 is 41.3 Å². The molecule has 0 atom stereocenters. The summed E-state index contributed by atoms with van der Waals surface area (Å²) < 4.78 is 4.76. The third-order valence-corrected chi connectivity index (χ3v) is 3.01. The van der Waals surface area contributed by atoms with Crippen molar-refractivity contribution in [2.75, 3.05) is 0 Å². The van der Waals surface area contributed by atoms with Gasteiger partial charge in [0.1, 0.15) is 17.0 Å². The van der Waals surface area contributed by atoms with E-state index in [4.69, 9.17) is 14.0 Å². The van der Waals surface area contributed by atoms with E-state index in [0.29, 0.717) is 17.5 Å². The van der Waals surface area contributed by atoms with Crippen LogP contribution >= 0.6 is 0 Å². The molecule has 2 N–H and O–H groups in total. The van der Waals surface area contributed by atoms with Crippen LogP contribution in [0.4, 0.5) is 0 Å². The van der Waals surface area contributed by atoms with Gasteiger partial charge in [0.25, 0.3) is 0 Å². The Morgan fingerprint density at radius 3 is 2.36 bits per heavy atom. The number of Topliss-reactive ketones (excluding diaryl/α,β-unsaturated/α-hetero) is 1. The molecule has 3 rings (SSSR count). The van der Waals surface area contributed by atoms with E-state index < -0.39 is 5.63 Å². The minimum atomic E-state index is -0.576. The van der Waals surface area contributed by atoms with E-state index in [2.05, 4.69) is 9.97 Å². The molecule has 0 unspecified atom stereocenters. The molecule has 28 heavy (non-hydrogen) atoms. The van der Waals surface area contributed by atoms with Gasteiger partial charge in [-0.15, -0.1) is 0 Å². The largest absolute Gasteiger partial charge is 1.00 e. The molecule has 0 radical (unpaired) electrons. The fraction of sp³-hybridized carbons (Fsp3) is 0.167. The van der Waals surface area contributed by atoms with E-state index in [1.165, 1.54) is 18.5 Å². The Morgan fingerprint density at radius 2 is 1.75 bits per heavy atom. The summed E-state index contributed by atoms with van der Waals surface area (Å²) in [6, 6.07) is 7.26. The Kier molecular flexibility index (Phi) is 12.0. The number of hydrogen-bond acceptors (Lipinski definition) is 9. The average molecular weight is 396 g/mol. The third kappa shape index (κ3) is 7.81. The number of pyridine rings is 2.